The van der Waals surface area contributed by atoms with Gasteiger partial charge in [0.15, 0.2) is 0 Å². The first-order chi connectivity index (χ1) is 14.7. The van der Waals surface area contributed by atoms with Gasteiger partial charge in [-0.3, -0.25) is 4.79 Å². The van der Waals surface area contributed by atoms with Crippen LogP contribution >= 0.6 is 0 Å². The van der Waals surface area contributed by atoms with Crippen LogP contribution in [0.2, 0.25) is 0 Å². The average molecular weight is 393 g/mol. The maximum Gasteiger partial charge on any atom is 0.259 e. The zero-order valence-corrected chi connectivity index (χ0v) is 16.3. The van der Waals surface area contributed by atoms with Crippen LogP contribution in [0.3, 0.4) is 0 Å². The van der Waals surface area contributed by atoms with Crippen molar-refractivity contribution in [3.63, 3.8) is 0 Å². The van der Waals surface area contributed by atoms with E-state index in [0.29, 0.717) is 22.8 Å². The molecule has 0 radical (unpaired) electrons. The molecule has 146 valence electrons. The van der Waals surface area contributed by atoms with Crippen LogP contribution in [0, 0.1) is 6.92 Å². The Morgan fingerprint density at radius 2 is 1.60 bits per heavy atom. The van der Waals surface area contributed by atoms with Crippen molar-refractivity contribution in [2.45, 2.75) is 6.92 Å². The van der Waals surface area contributed by atoms with E-state index in [1.54, 1.807) is 6.07 Å². The third-order valence-electron chi connectivity index (χ3n) is 4.92. The fourth-order valence-corrected chi connectivity index (χ4v) is 3.51. The number of hydrogen-bond donors (Lipinski definition) is 2. The Morgan fingerprint density at radius 3 is 2.33 bits per heavy atom. The summed E-state index contributed by atoms with van der Waals surface area (Å²) in [5.41, 5.74) is 4.78. The second kappa shape index (κ2) is 7.37. The van der Waals surface area contributed by atoms with E-state index in [1.165, 1.54) is 0 Å². The molecule has 2 heterocycles. The number of aryl methyl sites for hydroxylation is 1. The molecule has 0 saturated heterocycles. The number of amides is 1. The van der Waals surface area contributed by atoms with Crippen molar-refractivity contribution >= 4 is 22.6 Å². The molecule has 2 N–H and O–H groups in total. The van der Waals surface area contributed by atoms with Crippen LogP contribution in [0.25, 0.3) is 33.7 Å². The summed E-state index contributed by atoms with van der Waals surface area (Å²) in [4.78, 5) is 20.9. The number of furan rings is 1. The number of imidazole rings is 1. The molecule has 2 aromatic heterocycles. The molecular formula is C25H19N3O2. The minimum atomic E-state index is -0.215. The maximum absolute atomic E-state index is 13.0. The van der Waals surface area contributed by atoms with Crippen LogP contribution in [0.15, 0.2) is 89.3 Å². The van der Waals surface area contributed by atoms with Gasteiger partial charge in [-0.1, -0.05) is 60.7 Å². The number of benzene rings is 3. The molecule has 3 aromatic carbocycles. The standard InChI is InChI=1S/C25H19N3O2/c1-16-14-20(23(30-16)17-8-4-2-5-9-17)25(29)26-19-12-13-21-22(15-19)28-24(27-21)18-10-6-3-7-11-18/h2-15H,1H3,(H,26,29)(H,27,28). The van der Waals surface area contributed by atoms with Crippen LogP contribution in [0.5, 0.6) is 0 Å². The molecule has 0 aliphatic carbocycles. The lowest BCUT2D eigenvalue weighted by atomic mass is 10.1. The summed E-state index contributed by atoms with van der Waals surface area (Å²) in [6.45, 7) is 1.84. The van der Waals surface area contributed by atoms with E-state index >= 15 is 0 Å². The van der Waals surface area contributed by atoms with Gasteiger partial charge in [0.1, 0.15) is 17.3 Å². The van der Waals surface area contributed by atoms with E-state index in [0.717, 1.165) is 28.0 Å². The Hall–Kier alpha value is -4.12. The zero-order valence-electron chi connectivity index (χ0n) is 16.3. The van der Waals surface area contributed by atoms with Crippen molar-refractivity contribution in [1.82, 2.24) is 9.97 Å². The smallest absolute Gasteiger partial charge is 0.259 e. The van der Waals surface area contributed by atoms with Crippen molar-refractivity contribution in [2.75, 3.05) is 5.32 Å². The Morgan fingerprint density at radius 1 is 0.900 bits per heavy atom. The average Bonchev–Trinajstić information content (AvgIpc) is 3.38. The second-order valence-electron chi connectivity index (χ2n) is 7.10. The lowest BCUT2D eigenvalue weighted by Gasteiger charge is -2.06. The topological polar surface area (TPSA) is 70.9 Å². The van der Waals surface area contributed by atoms with Gasteiger partial charge in [0.2, 0.25) is 0 Å². The van der Waals surface area contributed by atoms with Crippen molar-refractivity contribution in [3.8, 4) is 22.7 Å². The SMILES string of the molecule is Cc1cc(C(=O)Nc2ccc3nc(-c4ccccc4)[nH]c3c2)c(-c2ccccc2)o1. The Balaban J connectivity index is 1.44. The second-order valence-corrected chi connectivity index (χ2v) is 7.10. The number of H-pyrrole nitrogens is 1. The predicted octanol–water partition coefficient (Wildman–Crippen LogP) is 6.05. The molecule has 0 aliphatic heterocycles. The van der Waals surface area contributed by atoms with E-state index in [2.05, 4.69) is 15.3 Å². The number of anilines is 1. The summed E-state index contributed by atoms with van der Waals surface area (Å²) < 4.78 is 5.81. The van der Waals surface area contributed by atoms with Crippen LogP contribution in [0.1, 0.15) is 16.1 Å². The Bertz CT molecular complexity index is 1340. The molecule has 5 aromatic rings. The predicted molar refractivity (Wildman–Crippen MR) is 118 cm³/mol. The van der Waals surface area contributed by atoms with Gasteiger partial charge in [-0.05, 0) is 31.2 Å². The Labute approximate surface area is 173 Å². The number of aromatic amines is 1. The lowest BCUT2D eigenvalue weighted by molar-refractivity contribution is 0.102. The molecule has 0 bridgehead atoms. The number of hydrogen-bond acceptors (Lipinski definition) is 3. The van der Waals surface area contributed by atoms with Crippen molar-refractivity contribution < 1.29 is 9.21 Å². The molecule has 1 amide bonds. The zero-order chi connectivity index (χ0) is 20.5. The number of carbonyl (C=O) groups is 1. The summed E-state index contributed by atoms with van der Waals surface area (Å²) in [6, 6.07) is 27.0. The van der Waals surface area contributed by atoms with Gasteiger partial charge >= 0.3 is 0 Å². The van der Waals surface area contributed by atoms with Gasteiger partial charge in [-0.15, -0.1) is 0 Å². The first-order valence-electron chi connectivity index (χ1n) is 9.70. The fraction of sp³-hybridized carbons (Fsp3) is 0.0400. The monoisotopic (exact) mass is 393 g/mol. The largest absolute Gasteiger partial charge is 0.461 e. The first-order valence-corrected chi connectivity index (χ1v) is 9.70. The van der Waals surface area contributed by atoms with Gasteiger partial charge in [-0.25, -0.2) is 4.98 Å². The normalized spacial score (nSPS) is 11.0. The highest BCUT2D eigenvalue weighted by atomic mass is 16.3. The number of nitrogens with zero attached hydrogens (tertiary/aromatic N) is 1. The first kappa shape index (κ1) is 17.9. The molecule has 0 saturated carbocycles. The van der Waals surface area contributed by atoms with Crippen molar-refractivity contribution in [1.29, 1.82) is 0 Å². The molecule has 5 heteroatoms. The summed E-state index contributed by atoms with van der Waals surface area (Å²) in [5.74, 6) is 1.84. The highest BCUT2D eigenvalue weighted by Gasteiger charge is 2.18. The molecule has 0 aliphatic rings. The van der Waals surface area contributed by atoms with Crippen LogP contribution in [0.4, 0.5) is 5.69 Å². The van der Waals surface area contributed by atoms with Gasteiger partial charge in [-0.2, -0.15) is 0 Å². The summed E-state index contributed by atoms with van der Waals surface area (Å²) in [6.07, 6.45) is 0. The van der Waals surface area contributed by atoms with E-state index < -0.39 is 0 Å². The number of carbonyl (C=O) groups excluding carboxylic acids is 1. The van der Waals surface area contributed by atoms with E-state index in [1.807, 2.05) is 85.8 Å². The summed E-state index contributed by atoms with van der Waals surface area (Å²) in [7, 11) is 0. The Kier molecular flexibility index (Phi) is 4.41. The quantitative estimate of drug-likeness (QED) is 0.390. The molecule has 5 nitrogen and oxygen atoms in total. The third-order valence-corrected chi connectivity index (χ3v) is 4.92. The van der Waals surface area contributed by atoms with Gasteiger partial charge in [0.05, 0.1) is 16.6 Å². The summed E-state index contributed by atoms with van der Waals surface area (Å²) in [5, 5.41) is 2.98. The van der Waals surface area contributed by atoms with E-state index in [9.17, 15) is 4.79 Å². The van der Waals surface area contributed by atoms with Crippen molar-refractivity contribution in [2.24, 2.45) is 0 Å². The lowest BCUT2D eigenvalue weighted by Crippen LogP contribution is -2.12. The van der Waals surface area contributed by atoms with Crippen LogP contribution < -0.4 is 5.32 Å². The highest BCUT2D eigenvalue weighted by molar-refractivity contribution is 6.08. The highest BCUT2D eigenvalue weighted by Crippen LogP contribution is 2.28. The molecule has 30 heavy (non-hydrogen) atoms. The molecule has 0 fully saturated rings. The number of nitrogens with one attached hydrogen (secondary N) is 2. The fourth-order valence-electron chi connectivity index (χ4n) is 3.51. The number of rotatable bonds is 4. The molecule has 0 unspecified atom stereocenters. The van der Waals surface area contributed by atoms with Crippen LogP contribution in [-0.2, 0) is 0 Å². The van der Waals surface area contributed by atoms with Gasteiger partial charge < -0.3 is 14.7 Å². The third kappa shape index (κ3) is 3.37. The molecule has 0 spiro atoms. The van der Waals surface area contributed by atoms with Gasteiger partial charge in [0, 0.05) is 16.8 Å². The molecular weight excluding hydrogens is 374 g/mol. The minimum absolute atomic E-state index is 0.215. The maximum atomic E-state index is 13.0. The van der Waals surface area contributed by atoms with Crippen LogP contribution in [-0.4, -0.2) is 15.9 Å². The van der Waals surface area contributed by atoms with E-state index in [-0.39, 0.29) is 5.91 Å². The number of fused-ring (bicyclic) bond motifs is 1. The van der Waals surface area contributed by atoms with E-state index in [4.69, 9.17) is 4.42 Å². The van der Waals surface area contributed by atoms with Crippen molar-refractivity contribution in [3.05, 3.63) is 96.3 Å². The summed E-state index contributed by atoms with van der Waals surface area (Å²) >= 11 is 0. The molecule has 5 rings (SSSR count). The van der Waals surface area contributed by atoms with Gasteiger partial charge in [0.25, 0.3) is 5.91 Å². The molecule has 0 atom stereocenters. The minimum Gasteiger partial charge on any atom is -0.461 e. The number of aromatic nitrogens is 2.